The smallest absolute Gasteiger partial charge is 0.306 e. The molecule has 0 atom stereocenters. The van der Waals surface area contributed by atoms with Gasteiger partial charge in [-0.3, -0.25) is 24.7 Å². The fourth-order valence-corrected chi connectivity index (χ4v) is 4.44. The zero-order chi connectivity index (χ0) is 27.7. The molecule has 1 saturated heterocycles. The predicted octanol–water partition coefficient (Wildman–Crippen LogP) is 1.53. The van der Waals surface area contributed by atoms with E-state index < -0.39 is 11.9 Å². The van der Waals surface area contributed by atoms with E-state index >= 15 is 0 Å². The maximum Gasteiger partial charge on any atom is 0.306 e. The van der Waals surface area contributed by atoms with Gasteiger partial charge in [0.15, 0.2) is 28.4 Å². The van der Waals surface area contributed by atoms with Crippen molar-refractivity contribution < 1.29 is 19.1 Å². The molecule has 7 N–H and O–H groups in total. The molecule has 13 heteroatoms. The van der Waals surface area contributed by atoms with E-state index in [4.69, 9.17) is 28.8 Å². The van der Waals surface area contributed by atoms with E-state index in [0.717, 1.165) is 12.8 Å². The molecule has 0 spiro atoms. The lowest BCUT2D eigenvalue weighted by molar-refractivity contribution is -0.144. The Morgan fingerprint density at radius 3 is 2.45 bits per heavy atom. The number of nitrogen functional groups attached to an aromatic ring is 2. The first kappa shape index (κ1) is 28.6. The van der Waals surface area contributed by atoms with Crippen molar-refractivity contribution in [1.29, 1.82) is 0 Å². The molecular weight excluding hydrogens is 512 g/mol. The third-order valence-electron chi connectivity index (χ3n) is 6.68. The summed E-state index contributed by atoms with van der Waals surface area (Å²) in [5.41, 5.74) is 18.1. The molecule has 2 aromatic rings. The highest BCUT2D eigenvalue weighted by atomic mass is 35.5. The van der Waals surface area contributed by atoms with Gasteiger partial charge in [-0.15, -0.1) is 0 Å². The summed E-state index contributed by atoms with van der Waals surface area (Å²) in [6, 6.07) is 10.1. The third kappa shape index (κ3) is 7.78. The van der Waals surface area contributed by atoms with E-state index in [9.17, 15) is 14.4 Å². The first-order chi connectivity index (χ1) is 18.1. The summed E-state index contributed by atoms with van der Waals surface area (Å²) in [7, 11) is 1.30. The van der Waals surface area contributed by atoms with Crippen LogP contribution in [0.25, 0.3) is 0 Å². The number of nitrogens with zero attached hydrogens (tertiary/aromatic N) is 4. The minimum atomic E-state index is -0.706. The number of aryl methyl sites for hydroxylation is 1. The zero-order valence-electron chi connectivity index (χ0n) is 21.3. The van der Waals surface area contributed by atoms with Gasteiger partial charge in [0.25, 0.3) is 5.91 Å². The molecule has 0 saturated carbocycles. The van der Waals surface area contributed by atoms with E-state index in [0.29, 0.717) is 32.5 Å². The highest BCUT2D eigenvalue weighted by Gasteiger charge is 2.35. The Labute approximate surface area is 226 Å². The van der Waals surface area contributed by atoms with Crippen molar-refractivity contribution in [3.63, 3.8) is 0 Å². The maximum atomic E-state index is 12.6. The number of aliphatic imine (C=N–C) groups is 1. The number of rotatable bonds is 9. The van der Waals surface area contributed by atoms with E-state index in [1.165, 1.54) is 12.7 Å². The SMILES string of the molecule is COC(=O)CCC(=O)N1CCC(CCc2ccccc2)(CN=C(N)NC(=O)c2nc(Cl)c(N)nc2N)CC1. The molecular formula is C25H33ClN8O4. The lowest BCUT2D eigenvalue weighted by atomic mass is 9.74. The molecule has 1 aliphatic rings. The number of aromatic nitrogens is 2. The lowest BCUT2D eigenvalue weighted by Gasteiger charge is -2.41. The highest BCUT2D eigenvalue weighted by Crippen LogP contribution is 2.37. The Balaban J connectivity index is 1.68. The zero-order valence-corrected chi connectivity index (χ0v) is 22.0. The number of esters is 1. The highest BCUT2D eigenvalue weighted by molar-refractivity contribution is 6.31. The molecule has 1 aromatic carbocycles. The van der Waals surface area contributed by atoms with Crippen LogP contribution in [-0.4, -0.2) is 65.4 Å². The average Bonchev–Trinajstić information content (AvgIpc) is 2.92. The van der Waals surface area contributed by atoms with Crippen molar-refractivity contribution in [3.8, 4) is 0 Å². The summed E-state index contributed by atoms with van der Waals surface area (Å²) in [5.74, 6) is -1.56. The summed E-state index contributed by atoms with van der Waals surface area (Å²) in [6.45, 7) is 1.42. The number of likely N-dealkylation sites (tertiary alicyclic amines) is 1. The van der Waals surface area contributed by atoms with Gasteiger partial charge in [-0.25, -0.2) is 9.97 Å². The van der Waals surface area contributed by atoms with Crippen molar-refractivity contribution in [1.82, 2.24) is 20.2 Å². The fourth-order valence-electron chi connectivity index (χ4n) is 4.32. The average molecular weight is 545 g/mol. The first-order valence-corrected chi connectivity index (χ1v) is 12.6. The number of benzene rings is 1. The molecule has 0 aliphatic carbocycles. The number of nitrogens with one attached hydrogen (secondary N) is 1. The number of carbonyl (C=O) groups is 3. The van der Waals surface area contributed by atoms with Crippen LogP contribution in [0.4, 0.5) is 11.6 Å². The summed E-state index contributed by atoms with van der Waals surface area (Å²) < 4.78 is 4.63. The molecule has 1 aromatic heterocycles. The number of anilines is 2. The van der Waals surface area contributed by atoms with Crippen LogP contribution >= 0.6 is 11.6 Å². The standard InChI is InChI=1S/C25H33ClN8O4/c1-38-18(36)8-7-17(35)34-13-11-25(12-14-34,10-9-16-5-3-2-4-6-16)15-30-24(29)33-23(37)19-21(27)32-22(28)20(26)31-19/h2-6H,7-15H2,1H3,(H4,27,28,32)(H3,29,30,33,37). The van der Waals surface area contributed by atoms with Gasteiger partial charge in [0.05, 0.1) is 13.5 Å². The number of ether oxygens (including phenoxy) is 1. The number of hydrogen-bond donors (Lipinski definition) is 4. The van der Waals surface area contributed by atoms with Gasteiger partial charge >= 0.3 is 5.97 Å². The minimum Gasteiger partial charge on any atom is -0.469 e. The second-order valence-electron chi connectivity index (χ2n) is 9.23. The third-order valence-corrected chi connectivity index (χ3v) is 6.96. The molecule has 3 rings (SSSR count). The predicted molar refractivity (Wildman–Crippen MR) is 144 cm³/mol. The molecule has 0 bridgehead atoms. The Morgan fingerprint density at radius 2 is 1.79 bits per heavy atom. The number of halogens is 1. The Kier molecular flexibility index (Phi) is 9.83. The molecule has 0 unspecified atom stereocenters. The Morgan fingerprint density at radius 1 is 1.11 bits per heavy atom. The van der Waals surface area contributed by atoms with Gasteiger partial charge < -0.3 is 26.8 Å². The number of guanidine groups is 1. The number of carbonyl (C=O) groups excluding carboxylic acids is 3. The number of hydrogen-bond acceptors (Lipinski definition) is 9. The van der Waals surface area contributed by atoms with Crippen LogP contribution in [0.15, 0.2) is 35.3 Å². The van der Waals surface area contributed by atoms with Crippen LogP contribution in [0.2, 0.25) is 5.15 Å². The second kappa shape index (κ2) is 13.0. The summed E-state index contributed by atoms with van der Waals surface area (Å²) in [5, 5.41) is 2.33. The van der Waals surface area contributed by atoms with Gasteiger partial charge in [0.2, 0.25) is 5.91 Å². The Bertz CT molecular complexity index is 1180. The second-order valence-corrected chi connectivity index (χ2v) is 9.59. The first-order valence-electron chi connectivity index (χ1n) is 12.2. The molecule has 2 heterocycles. The van der Waals surface area contributed by atoms with Crippen LogP contribution in [-0.2, 0) is 20.7 Å². The normalized spacial score (nSPS) is 15.1. The van der Waals surface area contributed by atoms with Crippen molar-refractivity contribution in [2.24, 2.45) is 16.1 Å². The fraction of sp³-hybridized carbons (Fsp3) is 0.440. The Hall–Kier alpha value is -3.93. The topological polar surface area (TPSA) is 192 Å². The molecule has 0 radical (unpaired) electrons. The summed E-state index contributed by atoms with van der Waals surface area (Å²) >= 11 is 5.86. The summed E-state index contributed by atoms with van der Waals surface area (Å²) in [6.07, 6.45) is 3.20. The number of methoxy groups -OCH3 is 1. The number of piperidine rings is 1. The molecule has 38 heavy (non-hydrogen) atoms. The van der Waals surface area contributed by atoms with Crippen LogP contribution in [0.1, 0.15) is 48.2 Å². The van der Waals surface area contributed by atoms with Crippen LogP contribution in [0, 0.1) is 5.41 Å². The van der Waals surface area contributed by atoms with E-state index in [-0.39, 0.29) is 52.6 Å². The van der Waals surface area contributed by atoms with Crippen molar-refractivity contribution in [2.75, 3.05) is 38.2 Å². The van der Waals surface area contributed by atoms with Gasteiger partial charge in [0.1, 0.15) is 0 Å². The molecule has 12 nitrogen and oxygen atoms in total. The minimum absolute atomic E-state index is 0.0552. The number of amides is 2. The largest absolute Gasteiger partial charge is 0.469 e. The van der Waals surface area contributed by atoms with Gasteiger partial charge in [0, 0.05) is 26.1 Å². The van der Waals surface area contributed by atoms with Gasteiger partial charge in [-0.05, 0) is 36.7 Å². The molecule has 1 fully saturated rings. The van der Waals surface area contributed by atoms with Crippen LogP contribution in [0.5, 0.6) is 0 Å². The van der Waals surface area contributed by atoms with E-state index in [1.54, 1.807) is 4.90 Å². The molecule has 2 amide bonds. The quantitative estimate of drug-likeness (QED) is 0.206. The van der Waals surface area contributed by atoms with Crippen molar-refractivity contribution in [3.05, 3.63) is 46.7 Å². The van der Waals surface area contributed by atoms with Gasteiger partial charge in [-0.2, -0.15) is 0 Å². The van der Waals surface area contributed by atoms with Crippen molar-refractivity contribution in [2.45, 2.75) is 38.5 Å². The van der Waals surface area contributed by atoms with Crippen LogP contribution < -0.4 is 22.5 Å². The van der Waals surface area contributed by atoms with Crippen LogP contribution in [0.3, 0.4) is 0 Å². The number of nitrogens with two attached hydrogens (primary N) is 3. The molecule has 204 valence electrons. The summed E-state index contributed by atoms with van der Waals surface area (Å²) in [4.78, 5) is 50.5. The van der Waals surface area contributed by atoms with E-state index in [2.05, 4.69) is 37.1 Å². The maximum absolute atomic E-state index is 12.6. The van der Waals surface area contributed by atoms with Crippen molar-refractivity contribution >= 4 is 47.0 Å². The molecule has 1 aliphatic heterocycles. The lowest BCUT2D eigenvalue weighted by Crippen LogP contribution is -2.45. The monoisotopic (exact) mass is 544 g/mol. The van der Waals surface area contributed by atoms with E-state index in [1.807, 2.05) is 18.2 Å². The van der Waals surface area contributed by atoms with Gasteiger partial charge in [-0.1, -0.05) is 41.9 Å².